The third-order valence-electron chi connectivity index (χ3n) is 3.20. The van der Waals surface area contributed by atoms with Gasteiger partial charge in [0.15, 0.2) is 0 Å². The molecule has 1 saturated heterocycles. The maximum absolute atomic E-state index is 13.2. The minimum atomic E-state index is -0.368. The first-order valence-corrected chi connectivity index (χ1v) is 6.14. The predicted molar refractivity (Wildman–Crippen MR) is 64.8 cm³/mol. The van der Waals surface area contributed by atoms with Gasteiger partial charge in [0.1, 0.15) is 5.82 Å². The van der Waals surface area contributed by atoms with Gasteiger partial charge in [-0.25, -0.2) is 4.39 Å². The van der Waals surface area contributed by atoms with E-state index in [4.69, 9.17) is 10.5 Å². The van der Waals surface area contributed by atoms with Crippen LogP contribution in [0.5, 0.6) is 0 Å². The van der Waals surface area contributed by atoms with Crippen LogP contribution >= 0.6 is 15.9 Å². The largest absolute Gasteiger partial charge is 0.377 e. The number of rotatable bonds is 2. The van der Waals surface area contributed by atoms with Gasteiger partial charge < -0.3 is 10.5 Å². The molecule has 1 aromatic rings. The summed E-state index contributed by atoms with van der Waals surface area (Å²) in [6, 6.07) is 4.88. The second kappa shape index (κ2) is 4.43. The number of halogens is 2. The summed E-state index contributed by atoms with van der Waals surface area (Å²) in [5, 5.41) is 0. The summed E-state index contributed by atoms with van der Waals surface area (Å²) in [7, 11) is 0. The standard InChI is InChI=1S/C12H15BrFNO/c1-8-12(15,2-3-16-8)7-9-4-10(13)6-11(14)5-9/h4-6,8H,2-3,7,15H2,1H3. The summed E-state index contributed by atoms with van der Waals surface area (Å²) >= 11 is 3.28. The maximum Gasteiger partial charge on any atom is 0.124 e. The molecule has 1 heterocycles. The molecule has 2 N–H and O–H groups in total. The van der Waals surface area contributed by atoms with E-state index in [-0.39, 0.29) is 17.5 Å². The third-order valence-corrected chi connectivity index (χ3v) is 3.66. The topological polar surface area (TPSA) is 35.2 Å². The summed E-state index contributed by atoms with van der Waals surface area (Å²) in [4.78, 5) is 0. The average Bonchev–Trinajstić information content (AvgIpc) is 2.44. The lowest BCUT2D eigenvalue weighted by Gasteiger charge is -2.27. The minimum absolute atomic E-state index is 0.0227. The van der Waals surface area contributed by atoms with Crippen LogP contribution in [0.1, 0.15) is 18.9 Å². The maximum atomic E-state index is 13.2. The second-order valence-corrected chi connectivity index (χ2v) is 5.37. The van der Waals surface area contributed by atoms with E-state index in [9.17, 15) is 4.39 Å². The van der Waals surface area contributed by atoms with Crippen molar-refractivity contribution in [1.82, 2.24) is 0 Å². The highest BCUT2D eigenvalue weighted by Gasteiger charge is 2.37. The highest BCUT2D eigenvalue weighted by molar-refractivity contribution is 9.10. The van der Waals surface area contributed by atoms with E-state index in [1.165, 1.54) is 12.1 Å². The highest BCUT2D eigenvalue weighted by Crippen LogP contribution is 2.28. The van der Waals surface area contributed by atoms with Gasteiger partial charge in [-0.3, -0.25) is 0 Å². The van der Waals surface area contributed by atoms with Crippen molar-refractivity contribution in [3.05, 3.63) is 34.1 Å². The Kier molecular flexibility index (Phi) is 3.33. The van der Waals surface area contributed by atoms with E-state index < -0.39 is 0 Å². The van der Waals surface area contributed by atoms with Crippen molar-refractivity contribution in [3.63, 3.8) is 0 Å². The molecule has 16 heavy (non-hydrogen) atoms. The normalized spacial score (nSPS) is 29.6. The van der Waals surface area contributed by atoms with Crippen LogP contribution in [0.2, 0.25) is 0 Å². The van der Waals surface area contributed by atoms with Crippen LogP contribution in [0.25, 0.3) is 0 Å². The molecule has 2 atom stereocenters. The molecule has 0 amide bonds. The van der Waals surface area contributed by atoms with Crippen LogP contribution in [0, 0.1) is 5.82 Å². The van der Waals surface area contributed by atoms with Crippen molar-refractivity contribution < 1.29 is 9.13 Å². The SMILES string of the molecule is CC1OCCC1(N)Cc1cc(F)cc(Br)c1. The Morgan fingerprint density at radius 1 is 1.56 bits per heavy atom. The molecule has 1 aliphatic heterocycles. The van der Waals surface area contributed by atoms with E-state index in [0.29, 0.717) is 13.0 Å². The van der Waals surface area contributed by atoms with Crippen molar-refractivity contribution in [3.8, 4) is 0 Å². The van der Waals surface area contributed by atoms with Crippen LogP contribution in [-0.4, -0.2) is 18.2 Å². The van der Waals surface area contributed by atoms with Crippen molar-refractivity contribution in [2.45, 2.75) is 31.4 Å². The van der Waals surface area contributed by atoms with E-state index in [1.807, 2.05) is 13.0 Å². The van der Waals surface area contributed by atoms with Gasteiger partial charge in [-0.05, 0) is 43.5 Å². The molecular weight excluding hydrogens is 273 g/mol. The first kappa shape index (κ1) is 12.0. The van der Waals surface area contributed by atoms with Crippen LogP contribution in [0.4, 0.5) is 4.39 Å². The lowest BCUT2D eigenvalue weighted by atomic mass is 9.86. The zero-order valence-corrected chi connectivity index (χ0v) is 10.8. The third kappa shape index (κ3) is 2.44. The van der Waals surface area contributed by atoms with Gasteiger partial charge in [0.05, 0.1) is 6.10 Å². The van der Waals surface area contributed by atoms with Crippen LogP contribution in [0.15, 0.2) is 22.7 Å². The molecule has 4 heteroatoms. The van der Waals surface area contributed by atoms with E-state index in [1.54, 1.807) is 0 Å². The van der Waals surface area contributed by atoms with Crippen LogP contribution < -0.4 is 5.73 Å². The summed E-state index contributed by atoms with van der Waals surface area (Å²) in [6.07, 6.45) is 1.49. The fourth-order valence-electron chi connectivity index (χ4n) is 2.12. The van der Waals surface area contributed by atoms with Gasteiger partial charge in [-0.1, -0.05) is 15.9 Å². The zero-order valence-electron chi connectivity index (χ0n) is 9.17. The molecule has 1 fully saturated rings. The zero-order chi connectivity index (χ0) is 11.8. The minimum Gasteiger partial charge on any atom is -0.377 e. The quantitative estimate of drug-likeness (QED) is 0.908. The van der Waals surface area contributed by atoms with E-state index in [2.05, 4.69) is 15.9 Å². The van der Waals surface area contributed by atoms with Crippen molar-refractivity contribution in [1.29, 1.82) is 0 Å². The van der Waals surface area contributed by atoms with Gasteiger partial charge in [0, 0.05) is 16.6 Å². The number of benzene rings is 1. The molecule has 2 rings (SSSR count). The molecule has 1 aliphatic rings. The van der Waals surface area contributed by atoms with Crippen molar-refractivity contribution in [2.24, 2.45) is 5.73 Å². The van der Waals surface area contributed by atoms with Gasteiger partial charge in [-0.2, -0.15) is 0 Å². The molecule has 88 valence electrons. The Morgan fingerprint density at radius 3 is 2.88 bits per heavy atom. The number of hydrogen-bond donors (Lipinski definition) is 1. The molecule has 1 aromatic carbocycles. The first-order chi connectivity index (χ1) is 7.49. The lowest BCUT2D eigenvalue weighted by Crippen LogP contribution is -2.48. The fourth-order valence-corrected chi connectivity index (χ4v) is 2.63. The predicted octanol–water partition coefficient (Wildman–Crippen LogP) is 2.64. The second-order valence-electron chi connectivity index (χ2n) is 4.45. The van der Waals surface area contributed by atoms with Gasteiger partial charge in [0.2, 0.25) is 0 Å². The highest BCUT2D eigenvalue weighted by atomic mass is 79.9. The Bertz CT molecular complexity index is 378. The summed E-state index contributed by atoms with van der Waals surface area (Å²) in [6.45, 7) is 2.66. The van der Waals surface area contributed by atoms with Gasteiger partial charge in [-0.15, -0.1) is 0 Å². The molecule has 0 saturated carbocycles. The Balaban J connectivity index is 2.20. The first-order valence-electron chi connectivity index (χ1n) is 5.35. The Morgan fingerprint density at radius 2 is 2.31 bits per heavy atom. The molecule has 0 aromatic heterocycles. The molecule has 0 spiro atoms. The molecule has 0 radical (unpaired) electrons. The average molecular weight is 288 g/mol. The van der Waals surface area contributed by atoms with E-state index in [0.717, 1.165) is 16.5 Å². The Hall–Kier alpha value is -0.450. The number of nitrogens with two attached hydrogens (primary N) is 1. The summed E-state index contributed by atoms with van der Waals surface area (Å²) in [5.74, 6) is -0.237. The monoisotopic (exact) mass is 287 g/mol. The number of ether oxygens (including phenoxy) is 1. The summed E-state index contributed by atoms with van der Waals surface area (Å²) < 4.78 is 19.4. The van der Waals surface area contributed by atoms with Crippen LogP contribution in [0.3, 0.4) is 0 Å². The lowest BCUT2D eigenvalue weighted by molar-refractivity contribution is 0.0955. The molecule has 0 bridgehead atoms. The molecule has 2 unspecified atom stereocenters. The Labute approximate surface area is 103 Å². The fraction of sp³-hybridized carbons (Fsp3) is 0.500. The van der Waals surface area contributed by atoms with Gasteiger partial charge in [0.25, 0.3) is 0 Å². The molecule has 2 nitrogen and oxygen atoms in total. The smallest absolute Gasteiger partial charge is 0.124 e. The summed E-state index contributed by atoms with van der Waals surface area (Å²) in [5.41, 5.74) is 6.81. The van der Waals surface area contributed by atoms with Crippen molar-refractivity contribution >= 4 is 15.9 Å². The molecular formula is C12H15BrFNO. The van der Waals surface area contributed by atoms with Crippen LogP contribution in [-0.2, 0) is 11.2 Å². The van der Waals surface area contributed by atoms with Gasteiger partial charge >= 0.3 is 0 Å². The van der Waals surface area contributed by atoms with E-state index >= 15 is 0 Å². The molecule has 0 aliphatic carbocycles. The van der Waals surface area contributed by atoms with Crippen molar-refractivity contribution in [2.75, 3.05) is 6.61 Å². The number of hydrogen-bond acceptors (Lipinski definition) is 2.